The van der Waals surface area contributed by atoms with Crippen molar-refractivity contribution in [3.05, 3.63) is 63.5 Å². The molecule has 0 bridgehead atoms. The van der Waals surface area contributed by atoms with Crippen LogP contribution in [-0.4, -0.2) is 81.7 Å². The first-order chi connectivity index (χ1) is 18.8. The van der Waals surface area contributed by atoms with Gasteiger partial charge >= 0.3 is 5.97 Å². The standard InChI is InChI=1S/C23H21N7O6S3/c1-29-23(25-27-28-29)39-11-13-10-38-21-17(20(33)30(21)18(13)22(34)35)24-19(32)16(12-4-6-14(31)7-5-12)26-36-9-15-3-2-8-37-15/h2-8,17,21,31H,9-11H2,1H3,(H,24,32)(H,34,35)/b26-16+. The van der Waals surface area contributed by atoms with E-state index in [1.807, 2.05) is 17.5 Å². The lowest BCUT2D eigenvalue weighted by molar-refractivity contribution is -0.150. The Morgan fingerprint density at radius 1 is 1.28 bits per heavy atom. The molecule has 202 valence electrons. The van der Waals surface area contributed by atoms with Gasteiger partial charge in [0.15, 0.2) is 12.3 Å². The zero-order valence-electron chi connectivity index (χ0n) is 20.3. The maximum absolute atomic E-state index is 13.3. The molecular formula is C23H21N7O6S3. The van der Waals surface area contributed by atoms with E-state index in [1.165, 1.54) is 68.7 Å². The topological polar surface area (TPSA) is 172 Å². The molecule has 2 unspecified atom stereocenters. The molecule has 3 N–H and O–H groups in total. The molecule has 1 fully saturated rings. The maximum Gasteiger partial charge on any atom is 0.352 e. The van der Waals surface area contributed by atoms with Gasteiger partial charge in [-0.15, -0.1) is 28.2 Å². The number of thiophene rings is 1. The van der Waals surface area contributed by atoms with Gasteiger partial charge < -0.3 is 20.4 Å². The van der Waals surface area contributed by atoms with Crippen LogP contribution in [0.25, 0.3) is 0 Å². The molecule has 39 heavy (non-hydrogen) atoms. The number of phenolic OH excluding ortho intramolecular Hbond substituents is 1. The molecule has 2 atom stereocenters. The minimum atomic E-state index is -1.22. The lowest BCUT2D eigenvalue weighted by Gasteiger charge is -2.49. The molecular weight excluding hydrogens is 566 g/mol. The number of fused-ring (bicyclic) bond motifs is 1. The summed E-state index contributed by atoms with van der Waals surface area (Å²) in [4.78, 5) is 46.0. The Balaban J connectivity index is 1.31. The van der Waals surface area contributed by atoms with Gasteiger partial charge in [-0.1, -0.05) is 23.0 Å². The molecule has 13 nitrogen and oxygen atoms in total. The highest BCUT2D eigenvalue weighted by Gasteiger charge is 2.54. The van der Waals surface area contributed by atoms with Gasteiger partial charge in [-0.25, -0.2) is 9.48 Å². The number of rotatable bonds is 10. The van der Waals surface area contributed by atoms with Crippen LogP contribution in [0.3, 0.4) is 0 Å². The van der Waals surface area contributed by atoms with Gasteiger partial charge in [0.1, 0.15) is 22.9 Å². The maximum atomic E-state index is 13.3. The number of tetrazole rings is 1. The number of hydrogen-bond donors (Lipinski definition) is 3. The molecule has 2 aromatic heterocycles. The summed E-state index contributed by atoms with van der Waals surface area (Å²) in [6.45, 7) is 0.152. The number of thioether (sulfide) groups is 2. The lowest BCUT2D eigenvalue weighted by atomic mass is 10.0. The molecule has 1 saturated heterocycles. The molecule has 0 radical (unpaired) electrons. The van der Waals surface area contributed by atoms with Gasteiger partial charge in [0, 0.05) is 29.0 Å². The van der Waals surface area contributed by atoms with Gasteiger partial charge in [0.05, 0.1) is 0 Å². The van der Waals surface area contributed by atoms with Gasteiger partial charge in [-0.2, -0.15) is 0 Å². The average Bonchev–Trinajstić information content (AvgIpc) is 3.60. The quantitative estimate of drug-likeness (QED) is 0.136. The fourth-order valence-electron chi connectivity index (χ4n) is 3.90. The number of aliphatic carboxylic acids is 1. The Morgan fingerprint density at radius 3 is 2.74 bits per heavy atom. The smallest absolute Gasteiger partial charge is 0.352 e. The highest BCUT2D eigenvalue weighted by Crippen LogP contribution is 2.41. The molecule has 2 aliphatic rings. The number of carbonyl (C=O) groups excluding carboxylic acids is 2. The molecule has 2 amide bonds. The average molecular weight is 588 g/mol. The first-order valence-electron chi connectivity index (χ1n) is 11.4. The number of β-lactam (4-membered cyclic amide) rings is 1. The summed E-state index contributed by atoms with van der Waals surface area (Å²) in [5.74, 6) is -1.77. The van der Waals surface area contributed by atoms with E-state index >= 15 is 0 Å². The van der Waals surface area contributed by atoms with Crippen LogP contribution in [0.15, 0.2) is 63.4 Å². The zero-order valence-corrected chi connectivity index (χ0v) is 22.7. The summed E-state index contributed by atoms with van der Waals surface area (Å²) in [7, 11) is 1.68. The monoisotopic (exact) mass is 587 g/mol. The van der Waals surface area contributed by atoms with E-state index in [-0.39, 0.29) is 29.5 Å². The highest BCUT2D eigenvalue weighted by molar-refractivity contribution is 8.01. The molecule has 3 aromatic rings. The SMILES string of the molecule is Cn1nnnc1SCC1=C(C(=O)O)N2C(=O)C(NC(=O)/C(=N/OCc3cccs3)c3ccc(O)cc3)C2SC1. The largest absolute Gasteiger partial charge is 0.508 e. The molecule has 5 rings (SSSR count). The van der Waals surface area contributed by atoms with Crippen molar-refractivity contribution in [1.82, 2.24) is 30.4 Å². The number of carbonyl (C=O) groups is 3. The van der Waals surface area contributed by atoms with Crippen LogP contribution in [0.2, 0.25) is 0 Å². The number of benzene rings is 1. The molecule has 16 heteroatoms. The predicted octanol–water partition coefficient (Wildman–Crippen LogP) is 1.43. The van der Waals surface area contributed by atoms with E-state index in [9.17, 15) is 24.6 Å². The third-order valence-electron chi connectivity index (χ3n) is 5.79. The first-order valence-corrected chi connectivity index (χ1v) is 14.3. The van der Waals surface area contributed by atoms with Crippen LogP contribution >= 0.6 is 34.9 Å². The number of aryl methyl sites for hydroxylation is 1. The van der Waals surface area contributed by atoms with Crippen LogP contribution in [0, 0.1) is 0 Å². The van der Waals surface area contributed by atoms with Crippen LogP contribution in [0.1, 0.15) is 10.4 Å². The van der Waals surface area contributed by atoms with E-state index in [0.29, 0.717) is 22.0 Å². The van der Waals surface area contributed by atoms with Gasteiger partial charge in [-0.3, -0.25) is 14.5 Å². The van der Waals surface area contributed by atoms with Gasteiger partial charge in [0.2, 0.25) is 5.16 Å². The number of oxime groups is 1. The number of aromatic hydroxyl groups is 1. The van der Waals surface area contributed by atoms with Crippen molar-refractivity contribution in [3.8, 4) is 5.75 Å². The number of amides is 2. The molecule has 4 heterocycles. The molecule has 2 aliphatic heterocycles. The Morgan fingerprint density at radius 2 is 2.08 bits per heavy atom. The number of nitrogens with one attached hydrogen (secondary N) is 1. The summed E-state index contributed by atoms with van der Waals surface area (Å²) >= 11 is 4.10. The predicted molar refractivity (Wildman–Crippen MR) is 143 cm³/mol. The fraction of sp³-hybridized carbons (Fsp3) is 0.261. The number of phenols is 1. The van der Waals surface area contributed by atoms with E-state index in [4.69, 9.17) is 4.84 Å². The minimum absolute atomic E-state index is 0.0128. The van der Waals surface area contributed by atoms with Crippen molar-refractivity contribution in [2.75, 3.05) is 11.5 Å². The third kappa shape index (κ3) is 5.62. The van der Waals surface area contributed by atoms with E-state index in [1.54, 1.807) is 7.05 Å². The fourth-order valence-corrected chi connectivity index (χ4v) is 6.84. The second-order valence-corrected chi connectivity index (χ2v) is 11.4. The van der Waals surface area contributed by atoms with E-state index < -0.39 is 29.2 Å². The summed E-state index contributed by atoms with van der Waals surface area (Å²) in [6.07, 6.45) is 0. The van der Waals surface area contributed by atoms with Crippen molar-refractivity contribution in [1.29, 1.82) is 0 Å². The molecule has 0 aliphatic carbocycles. The Bertz CT molecular complexity index is 1450. The van der Waals surface area contributed by atoms with Crippen molar-refractivity contribution >= 4 is 58.4 Å². The number of carboxylic acids is 1. The summed E-state index contributed by atoms with van der Waals surface area (Å²) < 4.78 is 1.47. The van der Waals surface area contributed by atoms with Crippen LogP contribution < -0.4 is 5.32 Å². The second-order valence-electron chi connectivity index (χ2n) is 8.33. The van der Waals surface area contributed by atoms with Crippen LogP contribution in [0.5, 0.6) is 5.75 Å². The van der Waals surface area contributed by atoms with Crippen molar-refractivity contribution in [2.45, 2.75) is 23.2 Å². The molecule has 1 aromatic carbocycles. The molecule has 0 saturated carbocycles. The van der Waals surface area contributed by atoms with Crippen molar-refractivity contribution in [3.63, 3.8) is 0 Å². The minimum Gasteiger partial charge on any atom is -0.508 e. The van der Waals surface area contributed by atoms with E-state index in [2.05, 4.69) is 26.0 Å². The Kier molecular flexibility index (Phi) is 7.85. The van der Waals surface area contributed by atoms with Gasteiger partial charge in [0.25, 0.3) is 11.8 Å². The summed E-state index contributed by atoms with van der Waals surface area (Å²) in [5, 5.41) is 39.3. The van der Waals surface area contributed by atoms with Crippen LogP contribution in [-0.2, 0) is 32.9 Å². The Hall–Kier alpha value is -3.89. The van der Waals surface area contributed by atoms with E-state index in [0.717, 1.165) is 4.88 Å². The highest BCUT2D eigenvalue weighted by atomic mass is 32.2. The van der Waals surface area contributed by atoms with Crippen LogP contribution in [0.4, 0.5) is 0 Å². The first kappa shape index (κ1) is 26.7. The second kappa shape index (κ2) is 11.5. The third-order valence-corrected chi connectivity index (χ3v) is 9.08. The summed E-state index contributed by atoms with van der Waals surface area (Å²) in [6, 6.07) is 8.62. The summed E-state index contributed by atoms with van der Waals surface area (Å²) in [5.41, 5.74) is 0.758. The van der Waals surface area contributed by atoms with Gasteiger partial charge in [-0.05, 0) is 51.7 Å². The number of hydrogen-bond acceptors (Lipinski definition) is 12. The Labute approximate surface area is 233 Å². The normalized spacial score (nSPS) is 18.9. The number of carboxylic acid groups (broad SMARTS) is 1. The van der Waals surface area contributed by atoms with Crippen molar-refractivity contribution < 1.29 is 29.4 Å². The zero-order chi connectivity index (χ0) is 27.5. The number of nitrogens with zero attached hydrogens (tertiary/aromatic N) is 6. The molecule has 0 spiro atoms. The van der Waals surface area contributed by atoms with Crippen molar-refractivity contribution in [2.24, 2.45) is 12.2 Å². The lowest BCUT2D eigenvalue weighted by Crippen LogP contribution is -2.71. The number of aromatic nitrogens is 4.